The molecule has 0 saturated heterocycles. The summed E-state index contributed by atoms with van der Waals surface area (Å²) in [4.78, 5) is 30.6. The summed E-state index contributed by atoms with van der Waals surface area (Å²) in [7, 11) is 1.54. The second-order valence-corrected chi connectivity index (χ2v) is 7.38. The molecule has 2 amide bonds. The molecule has 4 aromatic rings. The Balaban J connectivity index is 1.46. The molecule has 0 saturated carbocycles. The number of ether oxygens (including phenoxy) is 1. The van der Waals surface area contributed by atoms with Gasteiger partial charge in [-0.3, -0.25) is 9.59 Å². The Kier molecular flexibility index (Phi) is 6.42. The lowest BCUT2D eigenvalue weighted by Gasteiger charge is -2.10. The number of amides is 2. The van der Waals surface area contributed by atoms with Crippen LogP contribution in [0.25, 0.3) is 16.8 Å². The highest BCUT2D eigenvalue weighted by Crippen LogP contribution is 2.21. The van der Waals surface area contributed by atoms with Crippen LogP contribution in [-0.4, -0.2) is 29.1 Å². The van der Waals surface area contributed by atoms with Crippen LogP contribution in [-0.2, 0) is 11.3 Å². The molecule has 0 aliphatic rings. The quantitative estimate of drug-likeness (QED) is 0.394. The molecule has 0 bridgehead atoms. The summed E-state index contributed by atoms with van der Waals surface area (Å²) in [5.41, 5.74) is 0.361. The summed E-state index contributed by atoms with van der Waals surface area (Å²) < 4.78 is 15.6. The van der Waals surface area contributed by atoms with Gasteiger partial charge in [-0.1, -0.05) is 11.2 Å². The van der Waals surface area contributed by atoms with Gasteiger partial charge in [-0.25, -0.2) is 0 Å². The first kappa shape index (κ1) is 21.1. The van der Waals surface area contributed by atoms with E-state index in [1.807, 2.05) is 17.5 Å². The zero-order valence-electron chi connectivity index (χ0n) is 16.9. The number of nitrogens with zero attached hydrogens (tertiary/aromatic N) is 2. The summed E-state index contributed by atoms with van der Waals surface area (Å²) >= 11 is 1.48. The van der Waals surface area contributed by atoms with Crippen LogP contribution in [0.4, 0.5) is 0 Å². The fourth-order valence-corrected chi connectivity index (χ4v) is 3.34. The zero-order valence-corrected chi connectivity index (χ0v) is 17.7. The number of hydrogen-bond acceptors (Lipinski definition) is 8. The van der Waals surface area contributed by atoms with Crippen molar-refractivity contribution in [1.82, 2.24) is 20.8 Å². The van der Waals surface area contributed by atoms with E-state index in [9.17, 15) is 9.59 Å². The minimum atomic E-state index is -0.542. The summed E-state index contributed by atoms with van der Waals surface area (Å²) in [5.74, 6) is 0.705. The van der Waals surface area contributed by atoms with Crippen molar-refractivity contribution in [2.75, 3.05) is 7.11 Å². The number of aromatic nitrogens is 2. The molecule has 32 heavy (non-hydrogen) atoms. The Morgan fingerprint density at radius 1 is 1.16 bits per heavy atom. The van der Waals surface area contributed by atoms with Crippen LogP contribution in [0, 0.1) is 0 Å². The fraction of sp³-hybridized carbons (Fsp3) is 0.0909. The highest BCUT2D eigenvalue weighted by Gasteiger charge is 2.17. The molecule has 0 aliphatic carbocycles. The summed E-state index contributed by atoms with van der Waals surface area (Å²) in [6, 6.07) is 13.6. The van der Waals surface area contributed by atoms with E-state index in [4.69, 9.17) is 13.7 Å². The van der Waals surface area contributed by atoms with Gasteiger partial charge in [0.1, 0.15) is 17.2 Å². The SMILES string of the molecule is COc1ccc(C(=O)N/C(=C\c2ccco2)C(=O)NCc2nc(-c3cccs3)no2)cc1. The maximum atomic E-state index is 12.8. The maximum Gasteiger partial charge on any atom is 0.268 e. The van der Waals surface area contributed by atoms with Crippen molar-refractivity contribution in [1.29, 1.82) is 0 Å². The number of benzene rings is 1. The van der Waals surface area contributed by atoms with Crippen LogP contribution in [0.15, 0.2) is 74.8 Å². The lowest BCUT2D eigenvalue weighted by atomic mass is 10.2. The van der Waals surface area contributed by atoms with Crippen molar-refractivity contribution in [3.63, 3.8) is 0 Å². The Morgan fingerprint density at radius 3 is 2.69 bits per heavy atom. The lowest BCUT2D eigenvalue weighted by molar-refractivity contribution is -0.118. The zero-order chi connectivity index (χ0) is 22.3. The molecule has 4 rings (SSSR count). The number of hydrogen-bond donors (Lipinski definition) is 2. The molecule has 162 valence electrons. The average molecular weight is 450 g/mol. The van der Waals surface area contributed by atoms with Crippen molar-refractivity contribution >= 4 is 29.2 Å². The minimum absolute atomic E-state index is 0.00114. The summed E-state index contributed by atoms with van der Waals surface area (Å²) in [6.07, 6.45) is 2.90. The molecular formula is C22H18N4O5S. The number of rotatable bonds is 8. The van der Waals surface area contributed by atoms with Gasteiger partial charge in [-0.2, -0.15) is 4.98 Å². The van der Waals surface area contributed by atoms with Gasteiger partial charge in [0, 0.05) is 11.6 Å². The normalized spacial score (nSPS) is 11.2. The second kappa shape index (κ2) is 9.75. The molecule has 0 atom stereocenters. The van der Waals surface area contributed by atoms with E-state index in [1.165, 1.54) is 30.8 Å². The Morgan fingerprint density at radius 2 is 2.00 bits per heavy atom. The molecule has 1 aromatic carbocycles. The Hall–Kier alpha value is -4.18. The molecule has 10 heteroatoms. The van der Waals surface area contributed by atoms with E-state index in [1.54, 1.807) is 36.4 Å². The van der Waals surface area contributed by atoms with Gasteiger partial charge in [0.2, 0.25) is 11.7 Å². The van der Waals surface area contributed by atoms with Gasteiger partial charge in [-0.05, 0) is 47.8 Å². The van der Waals surface area contributed by atoms with Crippen LogP contribution in [0.1, 0.15) is 22.0 Å². The second-order valence-electron chi connectivity index (χ2n) is 6.43. The van der Waals surface area contributed by atoms with Crippen LogP contribution in [0.2, 0.25) is 0 Å². The average Bonchev–Trinajstić information content (AvgIpc) is 3.59. The van der Waals surface area contributed by atoms with Crippen LogP contribution in [0.3, 0.4) is 0 Å². The largest absolute Gasteiger partial charge is 0.497 e. The van der Waals surface area contributed by atoms with Crippen LogP contribution in [0.5, 0.6) is 5.75 Å². The number of carbonyl (C=O) groups excluding carboxylic acids is 2. The van der Waals surface area contributed by atoms with Gasteiger partial charge in [0.25, 0.3) is 11.8 Å². The molecule has 0 unspecified atom stereocenters. The third-order valence-corrected chi connectivity index (χ3v) is 5.15. The van der Waals surface area contributed by atoms with Crippen LogP contribution >= 0.6 is 11.3 Å². The van der Waals surface area contributed by atoms with Crippen molar-refractivity contribution in [2.45, 2.75) is 6.54 Å². The van der Waals surface area contributed by atoms with E-state index in [2.05, 4.69) is 20.8 Å². The number of nitrogens with one attached hydrogen (secondary N) is 2. The van der Waals surface area contributed by atoms with Crippen molar-refractivity contribution in [3.8, 4) is 16.5 Å². The standard InChI is InChI=1S/C22H18N4O5S/c1-29-15-8-6-14(7-9-15)21(27)24-17(12-16-4-2-10-30-16)22(28)23-13-19-25-20(26-31-19)18-5-3-11-32-18/h2-12H,13H2,1H3,(H,23,28)(H,24,27)/b17-12-. The number of methoxy groups -OCH3 is 1. The maximum absolute atomic E-state index is 12.8. The number of carbonyl (C=O) groups is 2. The minimum Gasteiger partial charge on any atom is -0.497 e. The van der Waals surface area contributed by atoms with E-state index < -0.39 is 11.8 Å². The van der Waals surface area contributed by atoms with Crippen LogP contribution < -0.4 is 15.4 Å². The predicted octanol–water partition coefficient (Wildman–Crippen LogP) is 3.49. The van der Waals surface area contributed by atoms with Gasteiger partial charge >= 0.3 is 0 Å². The molecule has 0 radical (unpaired) electrons. The van der Waals surface area contributed by atoms with Crippen molar-refractivity contribution in [3.05, 3.63) is 83.1 Å². The summed E-state index contributed by atoms with van der Waals surface area (Å²) in [5, 5.41) is 11.1. The summed E-state index contributed by atoms with van der Waals surface area (Å²) in [6.45, 7) is -0.00882. The number of thiophene rings is 1. The Labute approximate surface area is 186 Å². The highest BCUT2D eigenvalue weighted by molar-refractivity contribution is 7.13. The first-order valence-electron chi connectivity index (χ1n) is 9.47. The van der Waals surface area contributed by atoms with E-state index in [0.717, 1.165) is 4.88 Å². The lowest BCUT2D eigenvalue weighted by Crippen LogP contribution is -2.34. The van der Waals surface area contributed by atoms with Gasteiger partial charge in [-0.15, -0.1) is 11.3 Å². The first-order valence-corrected chi connectivity index (χ1v) is 10.4. The molecule has 3 heterocycles. The highest BCUT2D eigenvalue weighted by atomic mass is 32.1. The van der Waals surface area contributed by atoms with Crippen molar-refractivity contribution in [2.24, 2.45) is 0 Å². The molecule has 0 fully saturated rings. The number of furan rings is 1. The Bertz CT molecular complexity index is 1210. The van der Waals surface area contributed by atoms with Gasteiger partial charge < -0.3 is 24.3 Å². The smallest absolute Gasteiger partial charge is 0.268 e. The molecule has 9 nitrogen and oxygen atoms in total. The third kappa shape index (κ3) is 5.10. The molecule has 0 spiro atoms. The van der Waals surface area contributed by atoms with E-state index >= 15 is 0 Å². The van der Waals surface area contributed by atoms with Gasteiger partial charge in [0.15, 0.2) is 0 Å². The molecule has 3 aromatic heterocycles. The molecule has 2 N–H and O–H groups in total. The topological polar surface area (TPSA) is 119 Å². The predicted molar refractivity (Wildman–Crippen MR) is 117 cm³/mol. The third-order valence-electron chi connectivity index (χ3n) is 4.28. The first-order chi connectivity index (χ1) is 15.6. The van der Waals surface area contributed by atoms with Crippen molar-refractivity contribution < 1.29 is 23.3 Å². The molecule has 0 aliphatic heterocycles. The van der Waals surface area contributed by atoms with E-state index in [0.29, 0.717) is 22.9 Å². The fourth-order valence-electron chi connectivity index (χ4n) is 2.69. The molecular weight excluding hydrogens is 432 g/mol. The monoisotopic (exact) mass is 450 g/mol. The van der Waals surface area contributed by atoms with E-state index in [-0.39, 0.29) is 18.1 Å². The van der Waals surface area contributed by atoms with Gasteiger partial charge in [0.05, 0.1) is 24.8 Å².